The molecule has 0 unspecified atom stereocenters. The molecule has 0 amide bonds. The standard InChI is InChI=1S/C31H28N2O5S/c1-5-17-38-22-14-11-21(12-15-22)28-27(30(35)37-6-2)19(3)32-31-33(28)29(34)26(39-31)18-24-23-10-8-7-9-20(23)13-16-25(24)36-4/h5,7-16,18,28H,1,6,17H2,2-4H3/b26-18+/t28-/m1/s1. The molecule has 0 saturated carbocycles. The number of nitrogens with zero attached hydrogens (tertiary/aromatic N) is 2. The van der Waals surface area contributed by atoms with Crippen molar-refractivity contribution in [1.29, 1.82) is 0 Å². The molecule has 0 aliphatic carbocycles. The van der Waals surface area contributed by atoms with Gasteiger partial charge in [-0.05, 0) is 54.5 Å². The zero-order valence-corrected chi connectivity index (χ0v) is 22.8. The Kier molecular flexibility index (Phi) is 7.47. The van der Waals surface area contributed by atoms with Crippen LogP contribution in [0.1, 0.15) is 31.0 Å². The van der Waals surface area contributed by atoms with Crippen LogP contribution in [0.15, 0.2) is 94.4 Å². The lowest BCUT2D eigenvalue weighted by atomic mass is 9.96. The van der Waals surface area contributed by atoms with E-state index in [4.69, 9.17) is 14.2 Å². The summed E-state index contributed by atoms with van der Waals surface area (Å²) in [7, 11) is 1.61. The van der Waals surface area contributed by atoms with Crippen LogP contribution in [0.3, 0.4) is 0 Å². The Hall–Kier alpha value is -4.43. The van der Waals surface area contributed by atoms with Crippen LogP contribution in [0.25, 0.3) is 16.8 Å². The van der Waals surface area contributed by atoms with Crippen molar-refractivity contribution >= 4 is 34.2 Å². The second-order valence-corrected chi connectivity index (χ2v) is 9.88. The van der Waals surface area contributed by atoms with Gasteiger partial charge < -0.3 is 14.2 Å². The highest BCUT2D eigenvalue weighted by Crippen LogP contribution is 2.32. The minimum atomic E-state index is -0.703. The number of esters is 1. The molecule has 0 radical (unpaired) electrons. The fourth-order valence-electron chi connectivity index (χ4n) is 4.74. The Morgan fingerprint density at radius 2 is 1.90 bits per heavy atom. The molecule has 8 heteroatoms. The molecule has 0 fully saturated rings. The number of rotatable bonds is 8. The number of benzene rings is 3. The quantitative estimate of drug-likeness (QED) is 0.243. The first-order valence-corrected chi connectivity index (χ1v) is 13.4. The van der Waals surface area contributed by atoms with Gasteiger partial charge in [0.15, 0.2) is 4.80 Å². The third-order valence-corrected chi connectivity index (χ3v) is 7.49. The van der Waals surface area contributed by atoms with Crippen molar-refractivity contribution in [3.8, 4) is 11.5 Å². The molecule has 1 aromatic heterocycles. The lowest BCUT2D eigenvalue weighted by Crippen LogP contribution is -2.39. The van der Waals surface area contributed by atoms with E-state index in [-0.39, 0.29) is 12.2 Å². The molecule has 3 aromatic carbocycles. The number of hydrogen-bond donors (Lipinski definition) is 0. The van der Waals surface area contributed by atoms with E-state index < -0.39 is 12.0 Å². The third kappa shape index (κ3) is 4.91. The highest BCUT2D eigenvalue weighted by molar-refractivity contribution is 7.07. The fraction of sp³-hybridized carbons (Fsp3) is 0.194. The molecule has 0 N–H and O–H groups in total. The summed E-state index contributed by atoms with van der Waals surface area (Å²) >= 11 is 1.28. The fourth-order valence-corrected chi connectivity index (χ4v) is 5.77. The van der Waals surface area contributed by atoms with E-state index in [0.29, 0.717) is 38.7 Å². The van der Waals surface area contributed by atoms with Gasteiger partial charge in [-0.25, -0.2) is 9.79 Å². The van der Waals surface area contributed by atoms with Crippen molar-refractivity contribution in [2.24, 2.45) is 4.99 Å². The second kappa shape index (κ2) is 11.1. The minimum Gasteiger partial charge on any atom is -0.496 e. The number of aromatic nitrogens is 1. The van der Waals surface area contributed by atoms with Crippen molar-refractivity contribution in [1.82, 2.24) is 4.57 Å². The molecule has 4 aromatic rings. The van der Waals surface area contributed by atoms with E-state index in [9.17, 15) is 9.59 Å². The number of fused-ring (bicyclic) bond motifs is 2. The van der Waals surface area contributed by atoms with Crippen molar-refractivity contribution in [3.63, 3.8) is 0 Å². The molecule has 0 saturated heterocycles. The zero-order valence-electron chi connectivity index (χ0n) is 22.0. The number of carbonyl (C=O) groups excluding carboxylic acids is 1. The lowest BCUT2D eigenvalue weighted by molar-refractivity contribution is -0.139. The average molecular weight is 541 g/mol. The minimum absolute atomic E-state index is 0.210. The van der Waals surface area contributed by atoms with Crippen molar-refractivity contribution in [2.45, 2.75) is 19.9 Å². The highest BCUT2D eigenvalue weighted by atomic mass is 32.1. The molecule has 1 aliphatic rings. The summed E-state index contributed by atoms with van der Waals surface area (Å²) in [6, 6.07) is 18.5. The molecular weight excluding hydrogens is 512 g/mol. The SMILES string of the molecule is C=CCOc1ccc([C@@H]2C(C(=O)OCC)=C(C)N=c3s/c(=C/c4c(OC)ccc5ccccc45)c(=O)n32)cc1. The summed E-state index contributed by atoms with van der Waals surface area (Å²) in [4.78, 5) is 32.3. The average Bonchev–Trinajstić information content (AvgIpc) is 3.25. The van der Waals surface area contributed by atoms with Crippen LogP contribution in [0.2, 0.25) is 0 Å². The van der Waals surface area contributed by atoms with Crippen LogP contribution in [0.4, 0.5) is 0 Å². The second-order valence-electron chi connectivity index (χ2n) is 8.87. The van der Waals surface area contributed by atoms with Crippen molar-refractivity contribution in [3.05, 3.63) is 115 Å². The highest BCUT2D eigenvalue weighted by Gasteiger charge is 2.33. The Labute approximate surface area is 229 Å². The molecule has 5 rings (SSSR count). The van der Waals surface area contributed by atoms with Crippen LogP contribution in [-0.2, 0) is 9.53 Å². The number of allylic oxidation sites excluding steroid dienone is 1. The Morgan fingerprint density at radius 1 is 1.13 bits per heavy atom. The molecule has 1 aliphatic heterocycles. The molecule has 198 valence electrons. The van der Waals surface area contributed by atoms with Crippen LogP contribution in [-0.4, -0.2) is 30.9 Å². The first-order valence-electron chi connectivity index (χ1n) is 12.6. The van der Waals surface area contributed by atoms with Gasteiger partial charge in [0, 0.05) is 5.56 Å². The van der Waals surface area contributed by atoms with Crippen LogP contribution < -0.4 is 24.4 Å². The molecule has 7 nitrogen and oxygen atoms in total. The van der Waals surface area contributed by atoms with Gasteiger partial charge in [-0.15, -0.1) is 0 Å². The summed E-state index contributed by atoms with van der Waals surface area (Å²) in [6.45, 7) is 7.78. The third-order valence-electron chi connectivity index (χ3n) is 6.51. The smallest absolute Gasteiger partial charge is 0.338 e. The topological polar surface area (TPSA) is 79.1 Å². The van der Waals surface area contributed by atoms with E-state index in [1.807, 2.05) is 66.7 Å². The van der Waals surface area contributed by atoms with Gasteiger partial charge in [0.25, 0.3) is 5.56 Å². The van der Waals surface area contributed by atoms with E-state index >= 15 is 0 Å². The lowest BCUT2D eigenvalue weighted by Gasteiger charge is -2.24. The summed E-state index contributed by atoms with van der Waals surface area (Å²) in [5.74, 6) is 0.822. The van der Waals surface area contributed by atoms with E-state index in [1.165, 1.54) is 11.3 Å². The number of ether oxygens (including phenoxy) is 3. The van der Waals surface area contributed by atoms with Gasteiger partial charge in [0.05, 0.1) is 35.6 Å². The Morgan fingerprint density at radius 3 is 2.62 bits per heavy atom. The summed E-state index contributed by atoms with van der Waals surface area (Å²) in [5.41, 5.74) is 2.15. The van der Waals surface area contributed by atoms with Crippen LogP contribution in [0.5, 0.6) is 11.5 Å². The Bertz CT molecular complexity index is 1780. The predicted octanol–water partition coefficient (Wildman–Crippen LogP) is 4.52. The molecular formula is C31H28N2O5S. The molecule has 0 bridgehead atoms. The van der Waals surface area contributed by atoms with Gasteiger partial charge in [0.2, 0.25) is 0 Å². The first kappa shape index (κ1) is 26.2. The first-order chi connectivity index (χ1) is 19.0. The van der Waals surface area contributed by atoms with Gasteiger partial charge in [0.1, 0.15) is 18.1 Å². The number of thiazole rings is 1. The van der Waals surface area contributed by atoms with Gasteiger partial charge >= 0.3 is 5.97 Å². The summed E-state index contributed by atoms with van der Waals surface area (Å²) in [5, 5.41) is 2.01. The van der Waals surface area contributed by atoms with Crippen LogP contribution in [0, 0.1) is 0 Å². The summed E-state index contributed by atoms with van der Waals surface area (Å²) < 4.78 is 18.7. The van der Waals surface area contributed by atoms with E-state index in [0.717, 1.165) is 21.9 Å². The number of hydrogen-bond acceptors (Lipinski definition) is 7. The van der Waals surface area contributed by atoms with Crippen molar-refractivity contribution in [2.75, 3.05) is 20.3 Å². The Balaban J connectivity index is 1.72. The van der Waals surface area contributed by atoms with E-state index in [2.05, 4.69) is 11.6 Å². The maximum atomic E-state index is 14.0. The van der Waals surface area contributed by atoms with E-state index in [1.54, 1.807) is 31.6 Å². The van der Waals surface area contributed by atoms with Crippen LogP contribution >= 0.6 is 11.3 Å². The van der Waals surface area contributed by atoms with Crippen molar-refractivity contribution < 1.29 is 19.0 Å². The maximum absolute atomic E-state index is 14.0. The molecule has 39 heavy (non-hydrogen) atoms. The zero-order chi connectivity index (χ0) is 27.5. The molecule has 0 spiro atoms. The molecule has 1 atom stereocenters. The van der Waals surface area contributed by atoms with Gasteiger partial charge in [-0.3, -0.25) is 9.36 Å². The van der Waals surface area contributed by atoms with Gasteiger partial charge in [-0.1, -0.05) is 66.5 Å². The van der Waals surface area contributed by atoms with Gasteiger partial charge in [-0.2, -0.15) is 0 Å². The normalized spacial score (nSPS) is 15.1. The largest absolute Gasteiger partial charge is 0.496 e. The maximum Gasteiger partial charge on any atom is 0.338 e. The predicted molar refractivity (Wildman–Crippen MR) is 153 cm³/mol. The summed E-state index contributed by atoms with van der Waals surface area (Å²) in [6.07, 6.45) is 3.51. The number of carbonyl (C=O) groups is 1. The molecule has 2 heterocycles. The number of methoxy groups -OCH3 is 1. The monoisotopic (exact) mass is 540 g/mol.